The van der Waals surface area contributed by atoms with E-state index in [1.165, 1.54) is 25.7 Å². The van der Waals surface area contributed by atoms with E-state index in [1.807, 2.05) is 0 Å². The first-order valence-corrected chi connectivity index (χ1v) is 11.5. The topological polar surface area (TPSA) is 29.6 Å². The lowest BCUT2D eigenvalue weighted by atomic mass is 9.75. The molecule has 0 amide bonds. The molecule has 0 spiro atoms. The molecule has 0 aromatic rings. The molecule has 4 fully saturated rings. The number of rotatable bonds is 8. The molecule has 0 aromatic carbocycles. The fourth-order valence-corrected chi connectivity index (χ4v) is 7.14. The van der Waals surface area contributed by atoms with Crippen LogP contribution in [-0.2, 0) is 9.53 Å². The average Bonchev–Trinajstić information content (AvgIpc) is 3.24. The van der Waals surface area contributed by atoms with Crippen LogP contribution in [0.25, 0.3) is 0 Å². The molecule has 4 aliphatic heterocycles. The Morgan fingerprint density at radius 1 is 1.12 bits per heavy atom. The van der Waals surface area contributed by atoms with Crippen molar-refractivity contribution in [2.24, 2.45) is 11.8 Å². The zero-order valence-corrected chi connectivity index (χ0v) is 19.0. The van der Waals surface area contributed by atoms with Crippen LogP contribution in [0.15, 0.2) is 0 Å². The summed E-state index contributed by atoms with van der Waals surface area (Å²) in [5.41, 5.74) is 0.218. The van der Waals surface area contributed by atoms with E-state index in [0.29, 0.717) is 24.0 Å². The second-order valence-electron chi connectivity index (χ2n) is 10.0. The molecule has 7 unspecified atom stereocenters. The molecule has 0 aliphatic carbocycles. The van der Waals surface area contributed by atoms with Gasteiger partial charge in [0, 0.05) is 18.8 Å². The number of quaternary nitrogens is 1. The zero-order chi connectivity index (χ0) is 19.3. The predicted octanol–water partition coefficient (Wildman–Crippen LogP) is 5.28. The SMILES string of the molecule is CCCCCC1(C)CC(CC2OC2(C)CCC)C(=O)C2C(C)[N+]1(P)C2C. The molecule has 7 atom stereocenters. The van der Waals surface area contributed by atoms with Crippen LogP contribution >= 0.6 is 9.39 Å². The highest BCUT2D eigenvalue weighted by atomic mass is 31.0. The number of unbranched alkanes of at least 4 members (excludes halogenated alkanes) is 2. The number of epoxide rings is 1. The summed E-state index contributed by atoms with van der Waals surface area (Å²) >= 11 is 0. The van der Waals surface area contributed by atoms with E-state index in [2.05, 4.69) is 50.9 Å². The van der Waals surface area contributed by atoms with Crippen LogP contribution in [-0.4, -0.2) is 39.4 Å². The number of hydrogen-bond donors (Lipinski definition) is 0. The van der Waals surface area contributed by atoms with E-state index >= 15 is 0 Å². The van der Waals surface area contributed by atoms with Gasteiger partial charge in [-0.25, -0.2) is 0 Å². The highest BCUT2D eigenvalue weighted by Gasteiger charge is 2.70. The minimum Gasteiger partial charge on any atom is -0.366 e. The maximum absolute atomic E-state index is 13.4. The predicted molar refractivity (Wildman–Crippen MR) is 111 cm³/mol. The minimum absolute atomic E-state index is 0.0354. The first-order chi connectivity index (χ1) is 12.1. The summed E-state index contributed by atoms with van der Waals surface area (Å²) in [6, 6.07) is 0.863. The summed E-state index contributed by atoms with van der Waals surface area (Å²) in [4.78, 5) is 13.4. The Morgan fingerprint density at radius 3 is 2.35 bits per heavy atom. The van der Waals surface area contributed by atoms with E-state index in [-0.39, 0.29) is 23.0 Å². The van der Waals surface area contributed by atoms with Crippen molar-refractivity contribution in [1.29, 1.82) is 0 Å². The molecular weight excluding hydrogens is 341 g/mol. The average molecular weight is 383 g/mol. The maximum atomic E-state index is 13.4. The summed E-state index contributed by atoms with van der Waals surface area (Å²) < 4.78 is 7.08. The van der Waals surface area contributed by atoms with Crippen molar-refractivity contribution < 1.29 is 13.8 Å². The molecule has 4 rings (SSSR count). The van der Waals surface area contributed by atoms with E-state index in [0.717, 1.165) is 29.9 Å². The summed E-state index contributed by atoms with van der Waals surface area (Å²) in [6.07, 6.45) is 9.61. The van der Waals surface area contributed by atoms with Crippen LogP contribution in [0.3, 0.4) is 0 Å². The van der Waals surface area contributed by atoms with Gasteiger partial charge in [0.15, 0.2) is 5.78 Å². The number of carbonyl (C=O) groups is 1. The highest BCUT2D eigenvalue weighted by Crippen LogP contribution is 2.59. The van der Waals surface area contributed by atoms with Gasteiger partial charge in [0.05, 0.1) is 26.6 Å². The highest BCUT2D eigenvalue weighted by molar-refractivity contribution is 7.09. The molecule has 4 saturated heterocycles. The van der Waals surface area contributed by atoms with Crippen LogP contribution in [0, 0.1) is 11.8 Å². The lowest BCUT2D eigenvalue weighted by molar-refractivity contribution is -0.949. The largest absolute Gasteiger partial charge is 0.366 e. The normalized spacial score (nSPS) is 50.3. The summed E-state index contributed by atoms with van der Waals surface area (Å²) in [5, 5.41) is 0. The van der Waals surface area contributed by atoms with E-state index < -0.39 is 0 Å². The third-order valence-corrected chi connectivity index (χ3v) is 9.90. The number of nitrogens with zero attached hydrogens (tertiary/aromatic N) is 1. The standard InChI is InChI=1S/C22H41NO2P/c1-7-9-10-12-21(5)14-17(13-18-22(6,25-18)11-8-2)20(24)19-15(3)23(21,26)16(19)4/h15-19H,7-14,26H2,1-6H3/q+1. The van der Waals surface area contributed by atoms with Crippen molar-refractivity contribution in [2.75, 3.05) is 0 Å². The zero-order valence-electron chi connectivity index (χ0n) is 17.9. The van der Waals surface area contributed by atoms with Gasteiger partial charge in [0.1, 0.15) is 18.0 Å². The van der Waals surface area contributed by atoms with Crippen molar-refractivity contribution in [1.82, 2.24) is 0 Å². The molecule has 150 valence electrons. The van der Waals surface area contributed by atoms with Crippen LogP contribution in [0.2, 0.25) is 0 Å². The fraction of sp³-hybridized carbons (Fsp3) is 0.955. The number of ether oxygens (including phenoxy) is 1. The molecule has 2 bridgehead atoms. The first-order valence-electron chi connectivity index (χ1n) is 11.0. The molecule has 26 heavy (non-hydrogen) atoms. The van der Waals surface area contributed by atoms with Gasteiger partial charge in [-0.2, -0.15) is 0 Å². The third kappa shape index (κ3) is 3.01. The Hall–Kier alpha value is 0.0200. The third-order valence-electron chi connectivity index (χ3n) is 8.34. The van der Waals surface area contributed by atoms with Gasteiger partial charge < -0.3 is 8.99 Å². The molecule has 0 radical (unpaired) electrons. The van der Waals surface area contributed by atoms with Crippen LogP contribution < -0.4 is 0 Å². The minimum atomic E-state index is 0.0354. The second-order valence-corrected chi connectivity index (χ2v) is 10.9. The van der Waals surface area contributed by atoms with Crippen molar-refractivity contribution in [2.45, 2.75) is 122 Å². The Balaban J connectivity index is 1.80. The Bertz CT molecular complexity index is 542. The molecule has 4 heterocycles. The molecule has 0 aromatic heterocycles. The quantitative estimate of drug-likeness (QED) is 0.325. The van der Waals surface area contributed by atoms with Gasteiger partial charge in [-0.05, 0) is 47.0 Å². The number of hydrogen-bond acceptors (Lipinski definition) is 2. The smallest absolute Gasteiger partial charge is 0.151 e. The molecule has 0 N–H and O–H groups in total. The monoisotopic (exact) mass is 382 g/mol. The number of fused-ring (bicyclic) bond motifs is 3. The van der Waals surface area contributed by atoms with Gasteiger partial charge in [-0.15, -0.1) is 0 Å². The van der Waals surface area contributed by atoms with Crippen molar-refractivity contribution >= 4 is 15.2 Å². The lowest BCUT2D eigenvalue weighted by Gasteiger charge is -2.64. The Labute approximate surface area is 163 Å². The summed E-state index contributed by atoms with van der Waals surface area (Å²) in [6.45, 7) is 13.8. The van der Waals surface area contributed by atoms with Gasteiger partial charge >= 0.3 is 0 Å². The van der Waals surface area contributed by atoms with Crippen molar-refractivity contribution in [3.8, 4) is 0 Å². The second kappa shape index (κ2) is 7.12. The Kier molecular flexibility index (Phi) is 5.68. The van der Waals surface area contributed by atoms with Gasteiger partial charge in [-0.3, -0.25) is 4.79 Å². The fourth-order valence-electron chi connectivity index (χ4n) is 6.54. The number of carbonyl (C=O) groups excluding carboxylic acids is 1. The van der Waals surface area contributed by atoms with Crippen LogP contribution in [0.1, 0.15) is 92.9 Å². The molecule has 4 heteroatoms. The van der Waals surface area contributed by atoms with Crippen molar-refractivity contribution in [3.05, 3.63) is 0 Å². The Morgan fingerprint density at radius 2 is 1.77 bits per heavy atom. The molecule has 3 nitrogen and oxygen atoms in total. The molecular formula is C22H41NO2P+. The van der Waals surface area contributed by atoms with Gasteiger partial charge in [-0.1, -0.05) is 33.1 Å². The summed E-state index contributed by atoms with van der Waals surface area (Å²) in [7, 11) is 3.20. The van der Waals surface area contributed by atoms with Crippen LogP contribution in [0.4, 0.5) is 0 Å². The lowest BCUT2D eigenvalue weighted by Crippen LogP contribution is -2.76. The van der Waals surface area contributed by atoms with Gasteiger partial charge in [0.2, 0.25) is 0 Å². The number of ketones is 1. The molecule has 0 saturated carbocycles. The van der Waals surface area contributed by atoms with E-state index in [1.54, 1.807) is 0 Å². The van der Waals surface area contributed by atoms with Crippen molar-refractivity contribution in [3.63, 3.8) is 0 Å². The van der Waals surface area contributed by atoms with E-state index in [4.69, 9.17) is 4.74 Å². The first kappa shape index (κ1) is 20.7. The van der Waals surface area contributed by atoms with Crippen LogP contribution in [0.5, 0.6) is 0 Å². The van der Waals surface area contributed by atoms with E-state index in [9.17, 15) is 4.79 Å². The molecule has 4 aliphatic rings. The van der Waals surface area contributed by atoms with Gasteiger partial charge in [0.25, 0.3) is 0 Å². The number of Topliss-reactive ketones (excluding diaryl/α,β-unsaturated/α-hetero) is 1. The maximum Gasteiger partial charge on any atom is 0.151 e. The summed E-state index contributed by atoms with van der Waals surface area (Å²) in [5.74, 6) is 0.958.